The van der Waals surface area contributed by atoms with Crippen molar-refractivity contribution in [2.24, 2.45) is 4.99 Å². The lowest BCUT2D eigenvalue weighted by molar-refractivity contribution is -0.608. The third kappa shape index (κ3) is 5.90. The van der Waals surface area contributed by atoms with Gasteiger partial charge in [-0.1, -0.05) is 152 Å². The first kappa shape index (κ1) is 31.5. The number of nitrogens with one attached hydrogen (secondary N) is 2. The first-order valence-corrected chi connectivity index (χ1v) is 18.5. The van der Waals surface area contributed by atoms with E-state index in [-0.39, 0.29) is 24.5 Å². The van der Waals surface area contributed by atoms with Gasteiger partial charge in [-0.3, -0.25) is 10.3 Å². The van der Waals surface area contributed by atoms with E-state index in [1.165, 1.54) is 44.6 Å². The second-order valence-corrected chi connectivity index (χ2v) is 14.1. The Labute approximate surface area is 310 Å². The van der Waals surface area contributed by atoms with Gasteiger partial charge in [0.2, 0.25) is 0 Å². The predicted molar refractivity (Wildman–Crippen MR) is 213 cm³/mol. The molecule has 256 valence electrons. The minimum absolute atomic E-state index is 0.115. The highest BCUT2D eigenvalue weighted by molar-refractivity contribution is 6.01. The lowest BCUT2D eigenvalue weighted by atomic mass is 9.85. The molecule has 5 nitrogen and oxygen atoms in total. The van der Waals surface area contributed by atoms with Crippen molar-refractivity contribution in [3.63, 3.8) is 0 Å². The van der Waals surface area contributed by atoms with Gasteiger partial charge in [0.05, 0.1) is 5.69 Å². The number of nitrogens with two attached hydrogens (primary N) is 1. The van der Waals surface area contributed by atoms with E-state index in [1.54, 1.807) is 0 Å². The monoisotopic (exact) mass is 687 g/mol. The van der Waals surface area contributed by atoms with E-state index in [0.717, 1.165) is 40.3 Å². The highest BCUT2D eigenvalue weighted by Gasteiger charge is 2.36. The molecule has 5 heteroatoms. The molecule has 3 aliphatic heterocycles. The Balaban J connectivity index is 0.946. The normalized spacial score (nSPS) is 19.9. The van der Waals surface area contributed by atoms with E-state index in [4.69, 9.17) is 9.73 Å². The molecule has 0 saturated heterocycles. The molecule has 0 aromatic heterocycles. The Bertz CT molecular complexity index is 2430. The number of benzene rings is 7. The van der Waals surface area contributed by atoms with E-state index in [2.05, 4.69) is 192 Å². The Hall–Kier alpha value is -6.27. The summed E-state index contributed by atoms with van der Waals surface area (Å²) < 4.78 is 6.65. The van der Waals surface area contributed by atoms with E-state index in [9.17, 15) is 0 Å². The SMILES string of the molecule is c1ccc(-c2ccc(C3[NH2+]c4ccccc4-c4c3ccc3c4NC(c4ccc(C5=NC(c6ccccc6)NC(c6ccccc6)C5)cc4)O3)cc2)cc1. The average Bonchev–Trinajstić information content (AvgIpc) is 3.69. The van der Waals surface area contributed by atoms with E-state index < -0.39 is 0 Å². The van der Waals surface area contributed by atoms with Crippen LogP contribution in [0.4, 0.5) is 11.4 Å². The largest absolute Gasteiger partial charge is 0.464 e. The van der Waals surface area contributed by atoms with Crippen LogP contribution >= 0.6 is 0 Å². The molecule has 7 aromatic rings. The molecule has 4 N–H and O–H groups in total. The highest BCUT2D eigenvalue weighted by atomic mass is 16.5. The molecule has 0 bridgehead atoms. The molecule has 0 saturated carbocycles. The number of ether oxygens (including phenoxy) is 1. The van der Waals surface area contributed by atoms with Crippen LogP contribution in [0.3, 0.4) is 0 Å². The summed E-state index contributed by atoms with van der Waals surface area (Å²) in [5, 5.41) is 9.99. The summed E-state index contributed by atoms with van der Waals surface area (Å²) in [6, 6.07) is 63.0. The fraction of sp³-hybridized carbons (Fsp3) is 0.104. The summed E-state index contributed by atoms with van der Waals surface area (Å²) in [5.41, 5.74) is 15.5. The molecule has 0 fully saturated rings. The van der Waals surface area contributed by atoms with E-state index >= 15 is 0 Å². The molecule has 0 aliphatic carbocycles. The van der Waals surface area contributed by atoms with Gasteiger partial charge >= 0.3 is 0 Å². The van der Waals surface area contributed by atoms with Crippen molar-refractivity contribution in [3.05, 3.63) is 209 Å². The van der Waals surface area contributed by atoms with Gasteiger partial charge in [-0.15, -0.1) is 0 Å². The average molecular weight is 688 g/mol. The number of aliphatic imine (C=N–C) groups is 1. The maximum absolute atomic E-state index is 6.65. The zero-order valence-electron chi connectivity index (χ0n) is 29.2. The van der Waals surface area contributed by atoms with Gasteiger partial charge in [-0.25, -0.2) is 0 Å². The van der Waals surface area contributed by atoms with Crippen LogP contribution in [-0.2, 0) is 0 Å². The van der Waals surface area contributed by atoms with Gasteiger partial charge in [-0.05, 0) is 52.1 Å². The van der Waals surface area contributed by atoms with E-state index in [1.807, 2.05) is 0 Å². The van der Waals surface area contributed by atoms with E-state index in [0.29, 0.717) is 0 Å². The zero-order valence-corrected chi connectivity index (χ0v) is 29.2. The summed E-state index contributed by atoms with van der Waals surface area (Å²) >= 11 is 0. The molecule has 3 heterocycles. The maximum atomic E-state index is 6.65. The van der Waals surface area contributed by atoms with Crippen LogP contribution in [0.25, 0.3) is 22.3 Å². The fourth-order valence-electron chi connectivity index (χ4n) is 8.19. The lowest BCUT2D eigenvalue weighted by Gasteiger charge is -2.30. The maximum Gasteiger partial charge on any atom is 0.196 e. The number of quaternary nitrogens is 1. The van der Waals surface area contributed by atoms with Crippen LogP contribution in [-0.4, -0.2) is 5.71 Å². The second kappa shape index (κ2) is 13.4. The van der Waals surface area contributed by atoms with Crippen LogP contribution < -0.4 is 20.7 Å². The number of nitrogens with zero attached hydrogens (tertiary/aromatic N) is 1. The summed E-state index contributed by atoms with van der Waals surface area (Å²) in [5.74, 6) is 0.881. The van der Waals surface area contributed by atoms with Gasteiger partial charge in [0.15, 0.2) is 6.23 Å². The first-order chi connectivity index (χ1) is 26.2. The van der Waals surface area contributed by atoms with Crippen LogP contribution in [0.1, 0.15) is 64.3 Å². The van der Waals surface area contributed by atoms with Crippen molar-refractivity contribution in [1.82, 2.24) is 5.32 Å². The quantitative estimate of drug-likeness (QED) is 0.153. The Morgan fingerprint density at radius 2 is 1.17 bits per heavy atom. The van der Waals surface area contributed by atoms with Gasteiger partial charge in [0.1, 0.15) is 23.6 Å². The van der Waals surface area contributed by atoms with Crippen LogP contribution in [0.15, 0.2) is 181 Å². The molecule has 4 atom stereocenters. The Morgan fingerprint density at radius 3 is 1.92 bits per heavy atom. The standard InChI is InChI=1S/C48H38N4O/c1-4-12-31(13-5-1)32-20-24-35(25-21-32)45-39-28-29-43-46(44(39)38-18-10-11-19-40(38)49-45)52-48(53-43)37-26-22-34(23-27-37)42-30-41(33-14-6-2-7-15-33)50-47(51-42)36-16-8-3-9-17-36/h1-29,41,45,47-50,52H,30H2/p+1. The molecular formula is C48H39N4O+. The third-order valence-corrected chi connectivity index (χ3v) is 10.9. The van der Waals surface area contributed by atoms with Crippen molar-refractivity contribution in [1.29, 1.82) is 0 Å². The molecule has 0 radical (unpaired) electrons. The smallest absolute Gasteiger partial charge is 0.196 e. The fourth-order valence-corrected chi connectivity index (χ4v) is 8.19. The summed E-state index contributed by atoms with van der Waals surface area (Å²) in [4.78, 5) is 5.24. The van der Waals surface area contributed by atoms with Crippen molar-refractivity contribution in [2.75, 3.05) is 5.32 Å². The second-order valence-electron chi connectivity index (χ2n) is 14.1. The number of hydrogen-bond acceptors (Lipinski definition) is 4. The molecule has 0 spiro atoms. The first-order valence-electron chi connectivity index (χ1n) is 18.5. The lowest BCUT2D eigenvalue weighted by Crippen LogP contribution is -2.80. The van der Waals surface area contributed by atoms with Crippen molar-refractivity contribution < 1.29 is 10.1 Å². The third-order valence-electron chi connectivity index (χ3n) is 10.9. The molecular weight excluding hydrogens is 649 g/mol. The van der Waals surface area contributed by atoms with Crippen LogP contribution in [0, 0.1) is 0 Å². The number of para-hydroxylation sites is 1. The summed E-state index contributed by atoms with van der Waals surface area (Å²) in [6.07, 6.45) is 0.405. The summed E-state index contributed by atoms with van der Waals surface area (Å²) in [6.45, 7) is 0. The highest BCUT2D eigenvalue weighted by Crippen LogP contribution is 2.50. The van der Waals surface area contributed by atoms with Gasteiger partial charge in [0, 0.05) is 46.0 Å². The molecule has 53 heavy (non-hydrogen) atoms. The number of fused-ring (bicyclic) bond motifs is 5. The zero-order chi connectivity index (χ0) is 35.1. The van der Waals surface area contributed by atoms with Crippen molar-refractivity contribution in [3.8, 4) is 28.0 Å². The minimum atomic E-state index is -0.295. The molecule has 0 amide bonds. The van der Waals surface area contributed by atoms with Gasteiger partial charge in [0.25, 0.3) is 0 Å². The minimum Gasteiger partial charge on any atom is -0.464 e. The van der Waals surface area contributed by atoms with Crippen LogP contribution in [0.2, 0.25) is 0 Å². The molecule has 4 unspecified atom stereocenters. The predicted octanol–water partition coefficient (Wildman–Crippen LogP) is 10.0. The molecule has 10 rings (SSSR count). The van der Waals surface area contributed by atoms with Crippen LogP contribution in [0.5, 0.6) is 5.75 Å². The molecule has 3 aliphatic rings. The van der Waals surface area contributed by atoms with Gasteiger partial charge < -0.3 is 15.4 Å². The van der Waals surface area contributed by atoms with Crippen molar-refractivity contribution >= 4 is 17.1 Å². The molecule has 7 aromatic carbocycles. The number of rotatable bonds is 6. The number of anilines is 1. The Morgan fingerprint density at radius 1 is 0.547 bits per heavy atom. The van der Waals surface area contributed by atoms with Gasteiger partial charge in [-0.2, -0.15) is 0 Å². The topological polar surface area (TPSA) is 62.3 Å². The van der Waals surface area contributed by atoms with Crippen molar-refractivity contribution in [2.45, 2.75) is 30.9 Å². The number of hydrogen-bond donors (Lipinski definition) is 3. The Kier molecular flexibility index (Phi) is 7.94. The summed E-state index contributed by atoms with van der Waals surface area (Å²) in [7, 11) is 0.